The van der Waals surface area contributed by atoms with E-state index in [1.807, 2.05) is 36.4 Å². The highest BCUT2D eigenvalue weighted by molar-refractivity contribution is 6.36. The molecule has 3 aliphatic carbocycles. The number of allylic oxidation sites excluding steroid dienone is 1. The van der Waals surface area contributed by atoms with Gasteiger partial charge in [0.05, 0.1) is 16.8 Å². The lowest BCUT2D eigenvalue weighted by Gasteiger charge is -2.33. The number of benzene rings is 10. The molecule has 3 heteroatoms. The largest absolute Gasteiger partial charge is 0.354 e. The van der Waals surface area contributed by atoms with Crippen molar-refractivity contribution in [3.05, 3.63) is 304 Å². The maximum atomic E-state index is 10.0. The van der Waals surface area contributed by atoms with E-state index in [0.29, 0.717) is 5.71 Å². The van der Waals surface area contributed by atoms with Crippen LogP contribution in [0, 0.1) is 5.41 Å². The molecule has 0 aromatic heterocycles. The molecule has 0 fully saturated rings. The van der Waals surface area contributed by atoms with E-state index < -0.39 is 5.41 Å². The molecule has 10 aromatic rings. The molecule has 0 saturated carbocycles. The van der Waals surface area contributed by atoms with E-state index >= 15 is 0 Å². The summed E-state index contributed by atoms with van der Waals surface area (Å²) in [6.07, 6.45) is 2.26. The second-order valence-corrected chi connectivity index (χ2v) is 20.0. The zero-order chi connectivity index (χ0) is 48.1. The summed E-state index contributed by atoms with van der Waals surface area (Å²) in [5.74, 6) is 0. The molecule has 0 saturated heterocycles. The number of hydrogen-bond donors (Lipinski definition) is 2. The molecule has 1 spiro atoms. The van der Waals surface area contributed by atoms with Gasteiger partial charge in [0.2, 0.25) is 0 Å². The molecule has 0 radical (unpaired) electrons. The quantitative estimate of drug-likeness (QED) is 0.156. The number of nitrogens with one attached hydrogen (secondary N) is 2. The third kappa shape index (κ3) is 6.07. The van der Waals surface area contributed by atoms with Crippen molar-refractivity contribution in [3.63, 3.8) is 0 Å². The van der Waals surface area contributed by atoms with Crippen LogP contribution in [-0.4, -0.2) is 5.71 Å². The van der Waals surface area contributed by atoms with Crippen molar-refractivity contribution in [3.8, 4) is 33.4 Å². The van der Waals surface area contributed by atoms with Crippen LogP contribution in [-0.2, 0) is 10.8 Å². The van der Waals surface area contributed by atoms with Crippen molar-refractivity contribution in [2.75, 3.05) is 4.90 Å². The predicted molar refractivity (Wildman–Crippen MR) is 299 cm³/mol. The highest BCUT2D eigenvalue weighted by Gasteiger charge is 2.51. The first-order chi connectivity index (χ1) is 35.4. The summed E-state index contributed by atoms with van der Waals surface area (Å²) in [5.41, 5.74) is 26.3. The minimum Gasteiger partial charge on any atom is -0.354 e. The van der Waals surface area contributed by atoms with E-state index in [0.717, 1.165) is 61.8 Å². The molecule has 10 aromatic carbocycles. The molecular formula is C69H49N3. The highest BCUT2D eigenvalue weighted by Crippen LogP contribution is 2.63. The van der Waals surface area contributed by atoms with Crippen LogP contribution in [0.15, 0.2) is 243 Å². The number of fused-ring (bicyclic) bond motifs is 14. The van der Waals surface area contributed by atoms with Gasteiger partial charge in [-0.05, 0) is 126 Å². The summed E-state index contributed by atoms with van der Waals surface area (Å²) in [7, 11) is 0. The predicted octanol–water partition coefficient (Wildman–Crippen LogP) is 16.8. The van der Waals surface area contributed by atoms with Gasteiger partial charge < -0.3 is 10.2 Å². The van der Waals surface area contributed by atoms with E-state index in [2.05, 4.69) is 236 Å². The van der Waals surface area contributed by atoms with Gasteiger partial charge in [-0.25, -0.2) is 0 Å². The summed E-state index contributed by atoms with van der Waals surface area (Å²) >= 11 is 0. The van der Waals surface area contributed by atoms with E-state index in [-0.39, 0.29) is 5.41 Å². The standard InChI is InChI=1S/C69H49N3/c1-68(2)58-30-16-12-26-51(58)55-38-36-49(42-62(55)68)72(50-37-39-56-54-29-15-19-33-61(54)69(63(56)43-50)59-31-17-13-27-52(59)53-28-14-18-32-60(53)69)48-35-34-47-40-64(44-20-6-3-7-21-44)71-67(57(47)41-48)65(45-22-8-4-9-23-45)66(70)46-24-10-5-11-25-46/h3-43,70-71H,1-2H3/b67-65-,70-66?. The average Bonchev–Trinajstić information content (AvgIpc) is 4.00. The molecule has 0 bridgehead atoms. The first kappa shape index (κ1) is 41.9. The first-order valence-electron chi connectivity index (χ1n) is 25.0. The highest BCUT2D eigenvalue weighted by atomic mass is 15.1. The van der Waals surface area contributed by atoms with Crippen LogP contribution in [0.4, 0.5) is 17.1 Å². The summed E-state index contributed by atoms with van der Waals surface area (Å²) in [6.45, 7) is 4.73. The second-order valence-electron chi connectivity index (χ2n) is 20.0. The van der Waals surface area contributed by atoms with Crippen molar-refractivity contribution in [1.29, 1.82) is 5.41 Å². The summed E-state index contributed by atoms with van der Waals surface area (Å²) in [4.78, 5) is 2.47. The fourth-order valence-electron chi connectivity index (χ4n) is 12.7. The Morgan fingerprint density at radius 2 is 0.819 bits per heavy atom. The number of nitrogens with zero attached hydrogens (tertiary/aromatic N) is 1. The SMILES string of the molecule is CC1(C)c2ccccc2-c2ccc(N(c3ccc4c(c3)/C(=C(/C(=N)c3ccccc3)c3ccccc3)NC(c3ccccc3)=C4)c3ccc4c(c3)C3(c5ccccc5-c5ccccc53)c3ccccc3-4)cc21. The molecule has 14 rings (SSSR count). The summed E-state index contributed by atoms with van der Waals surface area (Å²) in [6, 6.07) is 88.3. The van der Waals surface area contributed by atoms with Crippen LogP contribution < -0.4 is 10.2 Å². The van der Waals surface area contributed by atoms with Crippen LogP contribution in [0.1, 0.15) is 75.0 Å². The Labute approximate surface area is 421 Å². The Bertz CT molecular complexity index is 3870. The normalized spacial score (nSPS) is 15.2. The lowest BCUT2D eigenvalue weighted by Crippen LogP contribution is -2.26. The molecule has 2 N–H and O–H groups in total. The number of hydrogen-bond acceptors (Lipinski definition) is 3. The Hall–Kier alpha value is -9.05. The molecule has 0 unspecified atom stereocenters. The summed E-state index contributed by atoms with van der Waals surface area (Å²) < 4.78 is 0. The fourth-order valence-corrected chi connectivity index (χ4v) is 12.7. The monoisotopic (exact) mass is 919 g/mol. The zero-order valence-electron chi connectivity index (χ0n) is 40.1. The molecule has 0 amide bonds. The van der Waals surface area contributed by atoms with Crippen LogP contribution >= 0.6 is 0 Å². The fraction of sp³-hybridized carbons (Fsp3) is 0.0580. The van der Waals surface area contributed by atoms with E-state index in [1.165, 1.54) is 66.8 Å². The zero-order valence-corrected chi connectivity index (χ0v) is 40.1. The average molecular weight is 920 g/mol. The second kappa shape index (κ2) is 16.0. The van der Waals surface area contributed by atoms with Gasteiger partial charge in [0, 0.05) is 44.9 Å². The number of anilines is 3. The van der Waals surface area contributed by atoms with Crippen molar-refractivity contribution < 1.29 is 0 Å². The lowest BCUT2D eigenvalue weighted by atomic mass is 9.70. The molecule has 1 heterocycles. The molecule has 3 nitrogen and oxygen atoms in total. The van der Waals surface area contributed by atoms with Crippen molar-refractivity contribution >= 4 is 45.8 Å². The number of rotatable bonds is 7. The smallest absolute Gasteiger partial charge is 0.0726 e. The third-order valence-corrected chi connectivity index (χ3v) is 15.9. The van der Waals surface area contributed by atoms with Gasteiger partial charge in [-0.3, -0.25) is 5.41 Å². The maximum Gasteiger partial charge on any atom is 0.0726 e. The molecular weight excluding hydrogens is 871 g/mol. The van der Waals surface area contributed by atoms with Gasteiger partial charge in [0.15, 0.2) is 0 Å². The van der Waals surface area contributed by atoms with E-state index in [9.17, 15) is 5.41 Å². The topological polar surface area (TPSA) is 39.1 Å². The van der Waals surface area contributed by atoms with Crippen molar-refractivity contribution in [2.45, 2.75) is 24.7 Å². The molecule has 4 aliphatic rings. The Balaban J connectivity index is 1.04. The van der Waals surface area contributed by atoms with E-state index in [4.69, 9.17) is 0 Å². The third-order valence-electron chi connectivity index (χ3n) is 15.9. The molecule has 72 heavy (non-hydrogen) atoms. The molecule has 0 atom stereocenters. The Morgan fingerprint density at radius 3 is 1.40 bits per heavy atom. The van der Waals surface area contributed by atoms with Gasteiger partial charge in [0.25, 0.3) is 0 Å². The maximum absolute atomic E-state index is 10.0. The van der Waals surface area contributed by atoms with Crippen LogP contribution in [0.2, 0.25) is 0 Å². The van der Waals surface area contributed by atoms with Gasteiger partial charge in [-0.1, -0.05) is 220 Å². The summed E-state index contributed by atoms with van der Waals surface area (Å²) in [5, 5.41) is 14.0. The van der Waals surface area contributed by atoms with E-state index in [1.54, 1.807) is 0 Å². The van der Waals surface area contributed by atoms with Crippen LogP contribution in [0.5, 0.6) is 0 Å². The first-order valence-corrected chi connectivity index (χ1v) is 25.0. The van der Waals surface area contributed by atoms with Gasteiger partial charge in [0.1, 0.15) is 0 Å². The molecule has 340 valence electrons. The van der Waals surface area contributed by atoms with Crippen LogP contribution in [0.3, 0.4) is 0 Å². The molecule has 1 aliphatic heterocycles. The Morgan fingerprint density at radius 1 is 0.389 bits per heavy atom. The van der Waals surface area contributed by atoms with Crippen molar-refractivity contribution in [1.82, 2.24) is 5.32 Å². The Kier molecular flexibility index (Phi) is 9.30. The van der Waals surface area contributed by atoms with Gasteiger partial charge >= 0.3 is 0 Å². The van der Waals surface area contributed by atoms with Crippen LogP contribution in [0.25, 0.3) is 56.4 Å². The van der Waals surface area contributed by atoms with Gasteiger partial charge in [-0.15, -0.1) is 0 Å². The minimum absolute atomic E-state index is 0.203. The minimum atomic E-state index is -0.501. The lowest BCUT2D eigenvalue weighted by molar-refractivity contribution is 0.660. The van der Waals surface area contributed by atoms with Gasteiger partial charge in [-0.2, -0.15) is 0 Å². The van der Waals surface area contributed by atoms with Crippen molar-refractivity contribution in [2.24, 2.45) is 0 Å².